The normalized spacial score (nSPS) is 16.1. The first-order valence-corrected chi connectivity index (χ1v) is 8.16. The third kappa shape index (κ3) is 6.38. The fourth-order valence-corrected chi connectivity index (χ4v) is 2.96. The standard InChI is InChI=1S/C17H28N2O2.2ClH/c1-3-5-6-15(19-11-9-18-10-12-19)14-7-8-16(20)17(13-14)21-4-2;;/h7-8,13,15,18,20H,3-6,9-12H2,1-2H3;2*1H/t15-;;/m1../s1. The Labute approximate surface area is 152 Å². The molecule has 0 spiro atoms. The van der Waals surface area contributed by atoms with Crippen LogP contribution in [0.3, 0.4) is 0 Å². The molecule has 1 aliphatic heterocycles. The first-order valence-electron chi connectivity index (χ1n) is 8.16. The van der Waals surface area contributed by atoms with E-state index in [1.807, 2.05) is 19.1 Å². The number of phenols is 1. The minimum atomic E-state index is 0. The Hall–Kier alpha value is -0.680. The van der Waals surface area contributed by atoms with Crippen LogP contribution >= 0.6 is 24.8 Å². The van der Waals surface area contributed by atoms with Gasteiger partial charge in [-0.1, -0.05) is 25.8 Å². The second kappa shape index (κ2) is 11.8. The lowest BCUT2D eigenvalue weighted by atomic mass is 9.98. The number of halogens is 2. The van der Waals surface area contributed by atoms with Gasteiger partial charge in [0.2, 0.25) is 0 Å². The molecular formula is C17H30Cl2N2O2. The van der Waals surface area contributed by atoms with Gasteiger partial charge in [-0.25, -0.2) is 0 Å². The molecule has 0 saturated carbocycles. The van der Waals surface area contributed by atoms with Gasteiger partial charge in [0.15, 0.2) is 11.5 Å². The largest absolute Gasteiger partial charge is 0.504 e. The summed E-state index contributed by atoms with van der Waals surface area (Å²) in [5.74, 6) is 0.835. The van der Waals surface area contributed by atoms with E-state index in [1.54, 1.807) is 6.07 Å². The fraction of sp³-hybridized carbons (Fsp3) is 0.647. The predicted octanol–water partition coefficient (Wildman–Crippen LogP) is 3.77. The minimum Gasteiger partial charge on any atom is -0.504 e. The van der Waals surface area contributed by atoms with Crippen molar-refractivity contribution in [1.82, 2.24) is 10.2 Å². The third-order valence-corrected chi connectivity index (χ3v) is 4.09. The Balaban J connectivity index is 0.00000242. The van der Waals surface area contributed by atoms with E-state index in [1.165, 1.54) is 18.4 Å². The van der Waals surface area contributed by atoms with Gasteiger partial charge in [0.25, 0.3) is 0 Å². The molecule has 0 radical (unpaired) electrons. The summed E-state index contributed by atoms with van der Waals surface area (Å²) in [6.45, 7) is 9.02. The van der Waals surface area contributed by atoms with Crippen molar-refractivity contribution >= 4 is 24.8 Å². The molecule has 1 aliphatic rings. The molecule has 1 fully saturated rings. The van der Waals surface area contributed by atoms with E-state index >= 15 is 0 Å². The minimum absolute atomic E-state index is 0. The molecule has 1 heterocycles. The SMILES string of the molecule is CCCC[C@H](c1ccc(O)c(OCC)c1)N1CCNCC1.Cl.Cl. The van der Waals surface area contributed by atoms with Crippen molar-refractivity contribution in [3.05, 3.63) is 23.8 Å². The molecule has 1 aromatic carbocycles. The Kier molecular flexibility index (Phi) is 11.4. The van der Waals surface area contributed by atoms with E-state index in [0.29, 0.717) is 18.4 Å². The average molecular weight is 365 g/mol. The number of nitrogens with one attached hydrogen (secondary N) is 1. The molecule has 1 atom stereocenters. The van der Waals surface area contributed by atoms with E-state index in [9.17, 15) is 5.11 Å². The number of rotatable bonds is 7. The zero-order valence-corrected chi connectivity index (χ0v) is 15.7. The van der Waals surface area contributed by atoms with Gasteiger partial charge in [0, 0.05) is 32.2 Å². The summed E-state index contributed by atoms with van der Waals surface area (Å²) in [5.41, 5.74) is 1.26. The molecule has 4 nitrogen and oxygen atoms in total. The van der Waals surface area contributed by atoms with Crippen molar-refractivity contribution in [3.63, 3.8) is 0 Å². The monoisotopic (exact) mass is 364 g/mol. The summed E-state index contributed by atoms with van der Waals surface area (Å²) < 4.78 is 5.54. The average Bonchev–Trinajstić information content (AvgIpc) is 2.52. The van der Waals surface area contributed by atoms with E-state index in [-0.39, 0.29) is 30.6 Å². The zero-order chi connectivity index (χ0) is 15.1. The van der Waals surface area contributed by atoms with Crippen molar-refractivity contribution < 1.29 is 9.84 Å². The number of hydrogen-bond donors (Lipinski definition) is 2. The van der Waals surface area contributed by atoms with Gasteiger partial charge < -0.3 is 15.2 Å². The van der Waals surface area contributed by atoms with Gasteiger partial charge in [-0.15, -0.1) is 24.8 Å². The number of benzene rings is 1. The summed E-state index contributed by atoms with van der Waals surface area (Å²) in [5, 5.41) is 13.3. The summed E-state index contributed by atoms with van der Waals surface area (Å²) in [7, 11) is 0. The van der Waals surface area contributed by atoms with Crippen LogP contribution in [0.25, 0.3) is 0 Å². The van der Waals surface area contributed by atoms with Crippen LogP contribution in [0.2, 0.25) is 0 Å². The molecule has 2 N–H and O–H groups in total. The maximum atomic E-state index is 9.89. The Morgan fingerprint density at radius 3 is 2.52 bits per heavy atom. The van der Waals surface area contributed by atoms with Gasteiger partial charge in [-0.2, -0.15) is 0 Å². The Bertz CT molecular complexity index is 441. The van der Waals surface area contributed by atoms with Gasteiger partial charge in [0.1, 0.15) is 0 Å². The van der Waals surface area contributed by atoms with E-state index in [2.05, 4.69) is 17.1 Å². The van der Waals surface area contributed by atoms with E-state index < -0.39 is 0 Å². The second-order valence-corrected chi connectivity index (χ2v) is 5.60. The van der Waals surface area contributed by atoms with Crippen LogP contribution in [0.1, 0.15) is 44.7 Å². The second-order valence-electron chi connectivity index (χ2n) is 5.60. The highest BCUT2D eigenvalue weighted by atomic mass is 35.5. The molecule has 134 valence electrons. The quantitative estimate of drug-likeness (QED) is 0.772. The van der Waals surface area contributed by atoms with E-state index in [0.717, 1.165) is 32.6 Å². The van der Waals surface area contributed by atoms with Crippen LogP contribution in [0.15, 0.2) is 18.2 Å². The number of nitrogens with zero attached hydrogens (tertiary/aromatic N) is 1. The van der Waals surface area contributed by atoms with Crippen LogP contribution in [-0.2, 0) is 0 Å². The summed E-state index contributed by atoms with van der Waals surface area (Å²) >= 11 is 0. The number of piperazine rings is 1. The highest BCUT2D eigenvalue weighted by Crippen LogP contribution is 2.33. The summed E-state index contributed by atoms with van der Waals surface area (Å²) in [6.07, 6.45) is 3.59. The first-order chi connectivity index (χ1) is 10.3. The topological polar surface area (TPSA) is 44.7 Å². The maximum absolute atomic E-state index is 9.89. The lowest BCUT2D eigenvalue weighted by Crippen LogP contribution is -2.45. The van der Waals surface area contributed by atoms with Gasteiger partial charge in [0.05, 0.1) is 6.61 Å². The van der Waals surface area contributed by atoms with Crippen LogP contribution < -0.4 is 10.1 Å². The van der Waals surface area contributed by atoms with Crippen LogP contribution in [-0.4, -0.2) is 42.8 Å². The highest BCUT2D eigenvalue weighted by Gasteiger charge is 2.22. The predicted molar refractivity (Wildman–Crippen MR) is 100 cm³/mol. The van der Waals surface area contributed by atoms with Crippen molar-refractivity contribution in [2.75, 3.05) is 32.8 Å². The van der Waals surface area contributed by atoms with Crippen LogP contribution in [0.5, 0.6) is 11.5 Å². The van der Waals surface area contributed by atoms with Gasteiger partial charge >= 0.3 is 0 Å². The number of hydrogen-bond acceptors (Lipinski definition) is 4. The van der Waals surface area contributed by atoms with Gasteiger partial charge in [-0.05, 0) is 31.0 Å². The Morgan fingerprint density at radius 2 is 1.91 bits per heavy atom. The molecular weight excluding hydrogens is 335 g/mol. The third-order valence-electron chi connectivity index (χ3n) is 4.09. The lowest BCUT2D eigenvalue weighted by Gasteiger charge is -2.35. The molecule has 1 aromatic rings. The zero-order valence-electron chi connectivity index (χ0n) is 14.1. The molecule has 1 saturated heterocycles. The van der Waals surface area contributed by atoms with Crippen molar-refractivity contribution in [2.45, 2.75) is 39.2 Å². The van der Waals surface area contributed by atoms with Crippen molar-refractivity contribution in [3.8, 4) is 11.5 Å². The molecule has 0 aliphatic carbocycles. The molecule has 0 bridgehead atoms. The van der Waals surface area contributed by atoms with Crippen molar-refractivity contribution in [2.24, 2.45) is 0 Å². The number of phenolic OH excluding ortho intramolecular Hbond substituents is 1. The van der Waals surface area contributed by atoms with Gasteiger partial charge in [-0.3, -0.25) is 4.90 Å². The molecule has 6 heteroatoms. The number of aromatic hydroxyl groups is 1. The smallest absolute Gasteiger partial charge is 0.161 e. The highest BCUT2D eigenvalue weighted by molar-refractivity contribution is 5.85. The fourth-order valence-electron chi connectivity index (χ4n) is 2.96. The molecule has 0 unspecified atom stereocenters. The van der Waals surface area contributed by atoms with Crippen LogP contribution in [0.4, 0.5) is 0 Å². The Morgan fingerprint density at radius 1 is 1.22 bits per heavy atom. The molecule has 23 heavy (non-hydrogen) atoms. The number of ether oxygens (including phenoxy) is 1. The first kappa shape index (κ1) is 22.3. The lowest BCUT2D eigenvalue weighted by molar-refractivity contribution is 0.162. The summed E-state index contributed by atoms with van der Waals surface area (Å²) in [4.78, 5) is 2.55. The molecule has 2 rings (SSSR count). The molecule has 0 aromatic heterocycles. The molecule has 0 amide bonds. The van der Waals surface area contributed by atoms with E-state index in [4.69, 9.17) is 4.74 Å². The van der Waals surface area contributed by atoms with Crippen LogP contribution in [0, 0.1) is 0 Å². The maximum Gasteiger partial charge on any atom is 0.161 e. The summed E-state index contributed by atoms with van der Waals surface area (Å²) in [6, 6.07) is 6.25. The van der Waals surface area contributed by atoms with Crippen molar-refractivity contribution in [1.29, 1.82) is 0 Å². The number of unbranched alkanes of at least 4 members (excludes halogenated alkanes) is 1.